The second-order valence-electron chi connectivity index (χ2n) is 7.34. The van der Waals surface area contributed by atoms with E-state index in [0.717, 1.165) is 11.1 Å². The maximum Gasteiger partial charge on any atom is 0.253 e. The molecule has 0 saturated carbocycles. The molecule has 0 aromatic heterocycles. The van der Waals surface area contributed by atoms with E-state index in [1.54, 1.807) is 30.2 Å². The first kappa shape index (κ1) is 19.5. The number of halogens is 1. The lowest BCUT2D eigenvalue weighted by Gasteiger charge is -2.43. The molecule has 5 heteroatoms. The van der Waals surface area contributed by atoms with Crippen LogP contribution in [0.4, 0.5) is 4.39 Å². The molecular weight excluding hydrogens is 345 g/mol. The Morgan fingerprint density at radius 3 is 2.67 bits per heavy atom. The van der Waals surface area contributed by atoms with Crippen LogP contribution >= 0.6 is 0 Å². The van der Waals surface area contributed by atoms with Crippen LogP contribution in [0.2, 0.25) is 0 Å². The number of hydrogen-bond acceptors (Lipinski definition) is 3. The summed E-state index contributed by atoms with van der Waals surface area (Å²) in [7, 11) is 1.63. The van der Waals surface area contributed by atoms with Gasteiger partial charge in [0.2, 0.25) is 0 Å². The van der Waals surface area contributed by atoms with Crippen LogP contribution in [0.25, 0.3) is 11.1 Å². The van der Waals surface area contributed by atoms with Crippen LogP contribution in [0.1, 0.15) is 30.1 Å². The van der Waals surface area contributed by atoms with Crippen LogP contribution in [0, 0.1) is 11.7 Å². The Bertz CT molecular complexity index is 792. The normalized spacial score (nSPS) is 22.7. The van der Waals surface area contributed by atoms with Gasteiger partial charge in [-0.2, -0.15) is 0 Å². The number of nitrogens with zero attached hydrogens (tertiary/aromatic N) is 1. The van der Waals surface area contributed by atoms with Crippen LogP contribution in [-0.2, 0) is 4.74 Å². The predicted octanol–water partition coefficient (Wildman–Crippen LogP) is 3.74. The summed E-state index contributed by atoms with van der Waals surface area (Å²) in [5, 5.41) is 10.8. The van der Waals surface area contributed by atoms with E-state index in [2.05, 4.69) is 0 Å². The van der Waals surface area contributed by atoms with Gasteiger partial charge in [-0.25, -0.2) is 4.39 Å². The number of amides is 1. The first-order valence-electron chi connectivity index (χ1n) is 9.29. The van der Waals surface area contributed by atoms with Gasteiger partial charge in [0.15, 0.2) is 0 Å². The largest absolute Gasteiger partial charge is 0.389 e. The number of piperidine rings is 1. The van der Waals surface area contributed by atoms with Crippen molar-refractivity contribution in [1.82, 2.24) is 4.90 Å². The topological polar surface area (TPSA) is 49.8 Å². The quantitative estimate of drug-likeness (QED) is 0.871. The van der Waals surface area contributed by atoms with Gasteiger partial charge < -0.3 is 14.7 Å². The number of carbonyl (C=O) groups is 1. The van der Waals surface area contributed by atoms with E-state index >= 15 is 0 Å². The molecule has 2 aromatic carbocycles. The Kier molecular flexibility index (Phi) is 5.92. The van der Waals surface area contributed by atoms with E-state index in [4.69, 9.17) is 4.74 Å². The van der Waals surface area contributed by atoms with Crippen molar-refractivity contribution in [3.05, 3.63) is 59.9 Å². The van der Waals surface area contributed by atoms with E-state index in [1.165, 1.54) is 12.1 Å². The third kappa shape index (κ3) is 4.37. The lowest BCUT2D eigenvalue weighted by molar-refractivity contribution is -0.0750. The summed E-state index contributed by atoms with van der Waals surface area (Å²) < 4.78 is 18.2. The van der Waals surface area contributed by atoms with Gasteiger partial charge in [-0.1, -0.05) is 31.2 Å². The zero-order valence-corrected chi connectivity index (χ0v) is 15.8. The van der Waals surface area contributed by atoms with Crippen LogP contribution < -0.4 is 0 Å². The van der Waals surface area contributed by atoms with Gasteiger partial charge in [-0.3, -0.25) is 4.79 Å². The summed E-state index contributed by atoms with van der Waals surface area (Å²) in [5.74, 6) is -0.348. The standard InChI is InChI=1S/C22H26FNO3/c1-16-15-24(12-10-22(16,26)11-13-27-2)21(25)19-5-3-4-18(14-19)17-6-8-20(23)9-7-17/h3-9,14,16,26H,10-13,15H2,1-2H3/t16-,22-/m1/s1. The number of methoxy groups -OCH3 is 1. The third-order valence-corrected chi connectivity index (χ3v) is 5.54. The monoisotopic (exact) mass is 371 g/mol. The van der Waals surface area contributed by atoms with E-state index in [1.807, 2.05) is 25.1 Å². The zero-order chi connectivity index (χ0) is 19.4. The number of carbonyl (C=O) groups excluding carboxylic acids is 1. The van der Waals surface area contributed by atoms with Crippen molar-refractivity contribution in [3.63, 3.8) is 0 Å². The SMILES string of the molecule is COCC[C@]1(O)CCN(C(=O)c2cccc(-c3ccc(F)cc3)c2)C[C@H]1C. The molecule has 0 radical (unpaired) electrons. The molecule has 2 aromatic rings. The Balaban J connectivity index is 1.73. The fraction of sp³-hybridized carbons (Fsp3) is 0.409. The summed E-state index contributed by atoms with van der Waals surface area (Å²) in [6.07, 6.45) is 1.12. The molecule has 2 atom stereocenters. The summed E-state index contributed by atoms with van der Waals surface area (Å²) in [4.78, 5) is 14.8. The molecule has 0 spiro atoms. The van der Waals surface area contributed by atoms with Gasteiger partial charge in [0, 0.05) is 38.3 Å². The minimum Gasteiger partial charge on any atom is -0.389 e. The van der Waals surface area contributed by atoms with Crippen molar-refractivity contribution in [2.45, 2.75) is 25.4 Å². The minimum atomic E-state index is -0.789. The molecule has 0 unspecified atom stereocenters. The molecule has 1 fully saturated rings. The fourth-order valence-electron chi connectivity index (χ4n) is 3.66. The Labute approximate surface area is 159 Å². The minimum absolute atomic E-state index is 0.0226. The Morgan fingerprint density at radius 1 is 1.26 bits per heavy atom. The molecule has 27 heavy (non-hydrogen) atoms. The van der Waals surface area contributed by atoms with Crippen molar-refractivity contribution < 1.29 is 19.0 Å². The lowest BCUT2D eigenvalue weighted by atomic mass is 9.79. The molecule has 1 heterocycles. The molecule has 1 N–H and O–H groups in total. The average Bonchev–Trinajstić information content (AvgIpc) is 2.69. The number of rotatable bonds is 5. The van der Waals surface area contributed by atoms with Crippen LogP contribution in [-0.4, -0.2) is 48.3 Å². The number of ether oxygens (including phenoxy) is 1. The predicted molar refractivity (Wildman–Crippen MR) is 103 cm³/mol. The molecule has 1 amide bonds. The lowest BCUT2D eigenvalue weighted by Crippen LogP contribution is -2.52. The number of hydrogen-bond donors (Lipinski definition) is 1. The Morgan fingerprint density at radius 2 is 2.00 bits per heavy atom. The van der Waals surface area contributed by atoms with Crippen LogP contribution in [0.5, 0.6) is 0 Å². The number of aliphatic hydroxyl groups is 1. The molecule has 0 aliphatic carbocycles. The molecule has 1 saturated heterocycles. The van der Waals surface area contributed by atoms with Gasteiger partial charge in [0.05, 0.1) is 5.60 Å². The van der Waals surface area contributed by atoms with E-state index in [0.29, 0.717) is 38.1 Å². The molecule has 1 aliphatic rings. The van der Waals surface area contributed by atoms with E-state index in [9.17, 15) is 14.3 Å². The highest BCUT2D eigenvalue weighted by Crippen LogP contribution is 2.32. The maximum absolute atomic E-state index is 13.1. The van der Waals surface area contributed by atoms with Gasteiger partial charge in [0.25, 0.3) is 5.91 Å². The van der Waals surface area contributed by atoms with Crippen molar-refractivity contribution in [2.24, 2.45) is 5.92 Å². The van der Waals surface area contributed by atoms with E-state index < -0.39 is 5.60 Å². The Hall–Kier alpha value is -2.24. The number of benzene rings is 2. The van der Waals surface area contributed by atoms with Crippen molar-refractivity contribution in [3.8, 4) is 11.1 Å². The fourth-order valence-corrected chi connectivity index (χ4v) is 3.66. The summed E-state index contributed by atoms with van der Waals surface area (Å²) in [6.45, 7) is 3.52. The molecule has 3 rings (SSSR count). The summed E-state index contributed by atoms with van der Waals surface area (Å²) in [5.41, 5.74) is 1.56. The maximum atomic E-state index is 13.1. The first-order valence-corrected chi connectivity index (χ1v) is 9.29. The molecule has 1 aliphatic heterocycles. The third-order valence-electron chi connectivity index (χ3n) is 5.54. The highest BCUT2D eigenvalue weighted by atomic mass is 19.1. The van der Waals surface area contributed by atoms with Crippen molar-refractivity contribution >= 4 is 5.91 Å². The van der Waals surface area contributed by atoms with Gasteiger partial charge in [-0.15, -0.1) is 0 Å². The second-order valence-corrected chi connectivity index (χ2v) is 7.34. The average molecular weight is 371 g/mol. The molecular formula is C22H26FNO3. The molecule has 4 nitrogen and oxygen atoms in total. The molecule has 0 bridgehead atoms. The number of likely N-dealkylation sites (tertiary alicyclic amines) is 1. The van der Waals surface area contributed by atoms with Gasteiger partial charge >= 0.3 is 0 Å². The van der Waals surface area contributed by atoms with Crippen molar-refractivity contribution in [1.29, 1.82) is 0 Å². The van der Waals surface area contributed by atoms with Crippen LogP contribution in [0.15, 0.2) is 48.5 Å². The van der Waals surface area contributed by atoms with Crippen LogP contribution in [0.3, 0.4) is 0 Å². The first-order chi connectivity index (χ1) is 12.9. The summed E-state index contributed by atoms with van der Waals surface area (Å²) in [6, 6.07) is 13.6. The summed E-state index contributed by atoms with van der Waals surface area (Å²) >= 11 is 0. The highest BCUT2D eigenvalue weighted by molar-refractivity contribution is 5.95. The van der Waals surface area contributed by atoms with Gasteiger partial charge in [-0.05, 0) is 48.2 Å². The van der Waals surface area contributed by atoms with E-state index in [-0.39, 0.29) is 17.6 Å². The smallest absolute Gasteiger partial charge is 0.253 e. The highest BCUT2D eigenvalue weighted by Gasteiger charge is 2.39. The zero-order valence-electron chi connectivity index (χ0n) is 15.8. The second kappa shape index (κ2) is 8.19. The van der Waals surface area contributed by atoms with Gasteiger partial charge in [0.1, 0.15) is 5.82 Å². The molecule has 144 valence electrons. The van der Waals surface area contributed by atoms with Crippen molar-refractivity contribution in [2.75, 3.05) is 26.8 Å².